The number of hydrogen-bond acceptors (Lipinski definition) is 4. The highest BCUT2D eigenvalue weighted by Gasteiger charge is 2.14. The van der Waals surface area contributed by atoms with E-state index in [0.717, 1.165) is 16.3 Å². The van der Waals surface area contributed by atoms with Crippen molar-refractivity contribution in [2.24, 2.45) is 0 Å². The second kappa shape index (κ2) is 7.00. The van der Waals surface area contributed by atoms with Crippen LogP contribution in [0.3, 0.4) is 0 Å². The van der Waals surface area contributed by atoms with Crippen LogP contribution in [0.1, 0.15) is 16.9 Å². The minimum absolute atomic E-state index is 0.0261. The summed E-state index contributed by atoms with van der Waals surface area (Å²) in [6.45, 7) is -0.0261. The van der Waals surface area contributed by atoms with E-state index in [-0.39, 0.29) is 24.4 Å². The van der Waals surface area contributed by atoms with Gasteiger partial charge >= 0.3 is 5.97 Å². The molecule has 25 heavy (non-hydrogen) atoms. The Morgan fingerprint density at radius 1 is 1.00 bits per heavy atom. The van der Waals surface area contributed by atoms with Crippen molar-refractivity contribution in [1.82, 2.24) is 10.3 Å². The van der Waals surface area contributed by atoms with Gasteiger partial charge in [0.2, 0.25) is 0 Å². The molecule has 6 heteroatoms. The molecule has 0 saturated heterocycles. The fourth-order valence-electron chi connectivity index (χ4n) is 2.52. The number of rotatable bonds is 5. The number of nitrogens with one attached hydrogen (secondary N) is 1. The summed E-state index contributed by atoms with van der Waals surface area (Å²) in [7, 11) is 0. The van der Waals surface area contributed by atoms with Gasteiger partial charge < -0.3 is 15.5 Å². The van der Waals surface area contributed by atoms with Gasteiger partial charge in [0.15, 0.2) is 5.69 Å². The lowest BCUT2D eigenvalue weighted by Gasteiger charge is -2.08. The molecule has 0 saturated carbocycles. The average molecular weight is 336 g/mol. The van der Waals surface area contributed by atoms with Crippen molar-refractivity contribution in [1.29, 1.82) is 0 Å². The van der Waals surface area contributed by atoms with Crippen LogP contribution in [0.15, 0.2) is 54.7 Å². The summed E-state index contributed by atoms with van der Waals surface area (Å²) < 4.78 is 0. The largest absolute Gasteiger partial charge is 0.505 e. The predicted molar refractivity (Wildman–Crippen MR) is 93.4 cm³/mol. The maximum absolute atomic E-state index is 11.9. The van der Waals surface area contributed by atoms with Gasteiger partial charge in [-0.05, 0) is 28.5 Å². The number of carbonyl (C=O) groups excluding carboxylic acids is 1. The molecule has 0 aliphatic rings. The number of aromatic hydroxyl groups is 1. The van der Waals surface area contributed by atoms with Crippen LogP contribution in [-0.2, 0) is 4.79 Å². The van der Waals surface area contributed by atoms with Crippen LogP contribution in [0, 0.1) is 0 Å². The predicted octanol–water partition coefficient (Wildman–Crippen LogP) is 2.81. The van der Waals surface area contributed by atoms with Crippen molar-refractivity contribution < 1.29 is 19.8 Å². The average Bonchev–Trinajstić information content (AvgIpc) is 2.60. The third-order valence-electron chi connectivity index (χ3n) is 3.79. The fourth-order valence-corrected chi connectivity index (χ4v) is 2.52. The first-order valence-corrected chi connectivity index (χ1v) is 7.73. The highest BCUT2D eigenvalue weighted by atomic mass is 16.4. The lowest BCUT2D eigenvalue weighted by atomic mass is 10.0. The third kappa shape index (κ3) is 3.74. The van der Waals surface area contributed by atoms with E-state index >= 15 is 0 Å². The molecular formula is C19H16N2O4. The summed E-state index contributed by atoms with van der Waals surface area (Å²) in [5.41, 5.74) is 1.43. The number of fused-ring (bicyclic) bond motifs is 1. The zero-order valence-corrected chi connectivity index (χ0v) is 13.3. The van der Waals surface area contributed by atoms with Gasteiger partial charge in [0.05, 0.1) is 6.42 Å². The number of pyridine rings is 1. The van der Waals surface area contributed by atoms with Crippen molar-refractivity contribution in [3.05, 3.63) is 60.4 Å². The Morgan fingerprint density at radius 2 is 1.76 bits per heavy atom. The fraction of sp³-hybridized carbons (Fsp3) is 0.105. The van der Waals surface area contributed by atoms with Crippen molar-refractivity contribution in [2.45, 2.75) is 6.42 Å². The van der Waals surface area contributed by atoms with Gasteiger partial charge in [0, 0.05) is 18.3 Å². The van der Waals surface area contributed by atoms with E-state index in [1.165, 1.54) is 12.3 Å². The molecule has 0 spiro atoms. The molecule has 1 amide bonds. The molecule has 3 rings (SSSR count). The first-order valence-electron chi connectivity index (χ1n) is 7.73. The van der Waals surface area contributed by atoms with Crippen LogP contribution in [0.5, 0.6) is 5.75 Å². The highest BCUT2D eigenvalue weighted by molar-refractivity contribution is 5.95. The summed E-state index contributed by atoms with van der Waals surface area (Å²) in [4.78, 5) is 26.4. The van der Waals surface area contributed by atoms with E-state index in [2.05, 4.69) is 10.3 Å². The van der Waals surface area contributed by atoms with Gasteiger partial charge in [-0.25, -0.2) is 4.98 Å². The summed E-state index contributed by atoms with van der Waals surface area (Å²) >= 11 is 0. The van der Waals surface area contributed by atoms with E-state index < -0.39 is 11.9 Å². The van der Waals surface area contributed by atoms with Gasteiger partial charge in [-0.2, -0.15) is 0 Å². The first-order chi connectivity index (χ1) is 12.0. The van der Waals surface area contributed by atoms with E-state index in [4.69, 9.17) is 5.11 Å². The molecule has 0 aliphatic carbocycles. The molecule has 0 radical (unpaired) electrons. The molecule has 3 N–H and O–H groups in total. The number of hydrogen-bond donors (Lipinski definition) is 3. The van der Waals surface area contributed by atoms with Crippen LogP contribution >= 0.6 is 0 Å². The second-order valence-corrected chi connectivity index (χ2v) is 5.55. The Kier molecular flexibility index (Phi) is 4.61. The summed E-state index contributed by atoms with van der Waals surface area (Å²) in [5, 5.41) is 23.3. The Balaban J connectivity index is 1.83. The van der Waals surface area contributed by atoms with Crippen molar-refractivity contribution in [2.75, 3.05) is 6.54 Å². The summed E-state index contributed by atoms with van der Waals surface area (Å²) in [5.74, 6) is -1.87. The molecule has 1 aromatic heterocycles. The molecule has 3 aromatic rings. The van der Waals surface area contributed by atoms with E-state index in [9.17, 15) is 14.7 Å². The highest BCUT2D eigenvalue weighted by Crippen LogP contribution is 2.27. The summed E-state index contributed by atoms with van der Waals surface area (Å²) in [6, 6.07) is 15.3. The minimum atomic E-state index is -1.01. The number of amides is 1. The zero-order chi connectivity index (χ0) is 17.8. The topological polar surface area (TPSA) is 99.5 Å². The van der Waals surface area contributed by atoms with E-state index in [1.807, 2.05) is 42.5 Å². The SMILES string of the molecule is O=C(O)CCNC(=O)c1ncc(-c2ccc3ccccc3c2)cc1O. The molecule has 6 nitrogen and oxygen atoms in total. The Hall–Kier alpha value is -3.41. The van der Waals surface area contributed by atoms with Crippen LogP contribution in [0.2, 0.25) is 0 Å². The molecule has 0 bridgehead atoms. The van der Waals surface area contributed by atoms with Crippen LogP contribution in [-0.4, -0.2) is 33.6 Å². The molecule has 0 aliphatic heterocycles. The second-order valence-electron chi connectivity index (χ2n) is 5.55. The molecule has 0 fully saturated rings. The van der Waals surface area contributed by atoms with Crippen molar-refractivity contribution in [3.63, 3.8) is 0 Å². The quantitative estimate of drug-likeness (QED) is 0.665. The minimum Gasteiger partial charge on any atom is -0.505 e. The standard InChI is InChI=1S/C19H16N2O4/c22-16-10-15(11-21-18(16)19(25)20-8-7-17(23)24)14-6-5-12-3-1-2-4-13(12)9-14/h1-6,9-11,22H,7-8H2,(H,20,25)(H,23,24). The lowest BCUT2D eigenvalue weighted by molar-refractivity contribution is -0.136. The number of carbonyl (C=O) groups is 2. The van der Waals surface area contributed by atoms with Crippen LogP contribution in [0.4, 0.5) is 0 Å². The Morgan fingerprint density at radius 3 is 2.48 bits per heavy atom. The molecule has 0 unspecified atom stereocenters. The maximum Gasteiger partial charge on any atom is 0.305 e. The lowest BCUT2D eigenvalue weighted by Crippen LogP contribution is -2.26. The molecule has 1 heterocycles. The number of carboxylic acids is 1. The van der Waals surface area contributed by atoms with Crippen LogP contribution < -0.4 is 5.32 Å². The number of nitrogens with zero attached hydrogens (tertiary/aromatic N) is 1. The molecule has 2 aromatic carbocycles. The van der Waals surface area contributed by atoms with E-state index in [1.54, 1.807) is 0 Å². The number of aliphatic carboxylic acids is 1. The van der Waals surface area contributed by atoms with Gasteiger partial charge in [-0.1, -0.05) is 36.4 Å². The summed E-state index contributed by atoms with van der Waals surface area (Å²) in [6.07, 6.45) is 1.32. The van der Waals surface area contributed by atoms with Crippen molar-refractivity contribution in [3.8, 4) is 16.9 Å². The molecule has 126 valence electrons. The van der Waals surface area contributed by atoms with Crippen LogP contribution in [0.25, 0.3) is 21.9 Å². The third-order valence-corrected chi connectivity index (χ3v) is 3.79. The van der Waals surface area contributed by atoms with Gasteiger partial charge in [-0.15, -0.1) is 0 Å². The molecular weight excluding hydrogens is 320 g/mol. The number of benzene rings is 2. The van der Waals surface area contributed by atoms with Gasteiger partial charge in [-0.3, -0.25) is 9.59 Å². The van der Waals surface area contributed by atoms with Gasteiger partial charge in [0.1, 0.15) is 5.75 Å². The zero-order valence-electron chi connectivity index (χ0n) is 13.3. The molecule has 0 atom stereocenters. The maximum atomic E-state index is 11.9. The van der Waals surface area contributed by atoms with Crippen molar-refractivity contribution >= 4 is 22.6 Å². The monoisotopic (exact) mass is 336 g/mol. The Bertz CT molecular complexity index is 953. The van der Waals surface area contributed by atoms with E-state index in [0.29, 0.717) is 5.56 Å². The smallest absolute Gasteiger partial charge is 0.305 e. The number of aromatic nitrogens is 1. The number of carboxylic acid groups (broad SMARTS) is 1. The normalized spacial score (nSPS) is 10.6. The first kappa shape index (κ1) is 16.4. The Labute approximate surface area is 143 Å². The van der Waals surface area contributed by atoms with Gasteiger partial charge in [0.25, 0.3) is 5.91 Å².